The molecule has 0 aliphatic carbocycles. The first-order valence-corrected chi connectivity index (χ1v) is 15.5. The van der Waals surface area contributed by atoms with Crippen LogP contribution in [0.15, 0.2) is 24.4 Å². The number of anilines is 3. The van der Waals surface area contributed by atoms with Crippen molar-refractivity contribution < 1.29 is 14.6 Å². The van der Waals surface area contributed by atoms with Crippen LogP contribution < -0.4 is 20.7 Å². The van der Waals surface area contributed by atoms with Crippen LogP contribution in [0.1, 0.15) is 58.1 Å². The standard InChI is InChI=1S/C32H45N7O3/c1-4-25-31(35-22-9-17-42-18-10-22)37-28-24(20-34-30(33)29(28)36-25)21-5-6-26(27(19-21)41-3)39-13-7-23(8-14-39)38-15-11-32(2,40)12-16-38/h5-6,19-20,22-23,40H,4,7-18H2,1-3H3,(H2,33,34)(H,35,37). The second kappa shape index (κ2) is 12.2. The summed E-state index contributed by atoms with van der Waals surface area (Å²) >= 11 is 0. The van der Waals surface area contributed by atoms with E-state index in [1.807, 2.05) is 6.92 Å². The molecule has 226 valence electrons. The third-order valence-electron chi connectivity index (χ3n) is 9.38. The molecule has 3 aliphatic rings. The van der Waals surface area contributed by atoms with Crippen molar-refractivity contribution in [3.8, 4) is 16.9 Å². The van der Waals surface area contributed by atoms with Crippen LogP contribution in [0.2, 0.25) is 0 Å². The van der Waals surface area contributed by atoms with Crippen LogP contribution in [0.3, 0.4) is 0 Å². The Morgan fingerprint density at radius 1 is 1.07 bits per heavy atom. The van der Waals surface area contributed by atoms with Crippen LogP contribution in [-0.4, -0.2) is 89.1 Å². The zero-order valence-electron chi connectivity index (χ0n) is 25.2. The minimum atomic E-state index is -0.510. The van der Waals surface area contributed by atoms with Crippen molar-refractivity contribution in [2.24, 2.45) is 0 Å². The number of ether oxygens (including phenoxy) is 2. The highest BCUT2D eigenvalue weighted by Crippen LogP contribution is 2.38. The number of methoxy groups -OCH3 is 1. The Hall–Kier alpha value is -3.21. The van der Waals surface area contributed by atoms with Gasteiger partial charge in [-0.05, 0) is 69.6 Å². The summed E-state index contributed by atoms with van der Waals surface area (Å²) in [6, 6.07) is 7.26. The third kappa shape index (κ3) is 5.98. The Bertz CT molecular complexity index is 1390. The van der Waals surface area contributed by atoms with Gasteiger partial charge in [0.25, 0.3) is 0 Å². The molecule has 3 saturated heterocycles. The fourth-order valence-corrected chi connectivity index (χ4v) is 6.65. The van der Waals surface area contributed by atoms with E-state index in [1.165, 1.54) is 0 Å². The van der Waals surface area contributed by atoms with Gasteiger partial charge in [-0.1, -0.05) is 13.0 Å². The van der Waals surface area contributed by atoms with Gasteiger partial charge in [0.05, 0.1) is 24.1 Å². The molecule has 3 aromatic rings. The number of aliphatic hydroxyl groups is 1. The molecule has 0 unspecified atom stereocenters. The number of pyridine rings is 1. The summed E-state index contributed by atoms with van der Waals surface area (Å²) in [6.45, 7) is 9.48. The van der Waals surface area contributed by atoms with Gasteiger partial charge >= 0.3 is 0 Å². The maximum absolute atomic E-state index is 10.3. The molecule has 2 aromatic heterocycles. The van der Waals surface area contributed by atoms with Crippen molar-refractivity contribution >= 4 is 28.4 Å². The second-order valence-corrected chi connectivity index (χ2v) is 12.3. The molecule has 10 nitrogen and oxygen atoms in total. The predicted octanol–water partition coefficient (Wildman–Crippen LogP) is 4.25. The number of benzene rings is 1. The Labute approximate surface area is 248 Å². The topological polar surface area (TPSA) is 122 Å². The average Bonchev–Trinajstić information content (AvgIpc) is 3.01. The largest absolute Gasteiger partial charge is 0.495 e. The molecule has 5 heterocycles. The number of hydrogen-bond acceptors (Lipinski definition) is 10. The minimum absolute atomic E-state index is 0.312. The molecule has 0 saturated carbocycles. The summed E-state index contributed by atoms with van der Waals surface area (Å²) in [6.07, 6.45) is 8.37. The molecular formula is C32H45N7O3. The Morgan fingerprint density at radius 2 is 1.81 bits per heavy atom. The highest BCUT2D eigenvalue weighted by molar-refractivity contribution is 5.97. The van der Waals surface area contributed by atoms with Crippen molar-refractivity contribution in [1.29, 1.82) is 0 Å². The summed E-state index contributed by atoms with van der Waals surface area (Å²) in [7, 11) is 1.73. The normalized spacial score (nSPS) is 20.6. The molecule has 4 N–H and O–H groups in total. The second-order valence-electron chi connectivity index (χ2n) is 12.3. The summed E-state index contributed by atoms with van der Waals surface area (Å²) < 4.78 is 11.5. The molecule has 0 radical (unpaired) electrons. The van der Waals surface area contributed by atoms with E-state index >= 15 is 0 Å². The SMILES string of the molecule is CCc1nc2c(N)ncc(-c3ccc(N4CCC(N5CCC(C)(O)CC5)CC4)c(OC)c3)c2nc1NC1CCOCC1. The van der Waals surface area contributed by atoms with Crippen molar-refractivity contribution in [3.05, 3.63) is 30.1 Å². The van der Waals surface area contributed by atoms with Crippen molar-refractivity contribution in [2.75, 3.05) is 62.5 Å². The molecular weight excluding hydrogens is 530 g/mol. The van der Waals surface area contributed by atoms with Crippen molar-refractivity contribution in [3.63, 3.8) is 0 Å². The number of aromatic nitrogens is 3. The number of aryl methyl sites for hydroxylation is 1. The number of hydrogen-bond donors (Lipinski definition) is 3. The van der Waals surface area contributed by atoms with E-state index in [9.17, 15) is 5.11 Å². The zero-order chi connectivity index (χ0) is 29.3. The molecule has 6 rings (SSSR count). The Balaban J connectivity index is 1.25. The number of nitrogens with one attached hydrogen (secondary N) is 1. The number of nitrogens with zero attached hydrogens (tertiary/aromatic N) is 5. The molecule has 3 aliphatic heterocycles. The molecule has 3 fully saturated rings. The molecule has 0 atom stereocenters. The lowest BCUT2D eigenvalue weighted by Gasteiger charge is -2.44. The van der Waals surface area contributed by atoms with Crippen LogP contribution in [-0.2, 0) is 11.2 Å². The number of piperidine rings is 2. The summed E-state index contributed by atoms with van der Waals surface area (Å²) in [5, 5.41) is 14.0. The van der Waals surface area contributed by atoms with Crippen LogP contribution in [0.4, 0.5) is 17.3 Å². The zero-order valence-corrected chi connectivity index (χ0v) is 25.2. The van der Waals surface area contributed by atoms with Gasteiger partial charge in [-0.3, -0.25) is 0 Å². The smallest absolute Gasteiger partial charge is 0.151 e. The fraction of sp³-hybridized carbons (Fsp3) is 0.594. The third-order valence-corrected chi connectivity index (χ3v) is 9.38. The van der Waals surface area contributed by atoms with Crippen LogP contribution >= 0.6 is 0 Å². The molecule has 1 aromatic carbocycles. The highest BCUT2D eigenvalue weighted by Gasteiger charge is 2.33. The fourth-order valence-electron chi connectivity index (χ4n) is 6.65. The van der Waals surface area contributed by atoms with Gasteiger partial charge in [-0.15, -0.1) is 0 Å². The maximum Gasteiger partial charge on any atom is 0.151 e. The number of nitrogens with two attached hydrogens (primary N) is 1. The van der Waals surface area contributed by atoms with Gasteiger partial charge in [-0.2, -0.15) is 0 Å². The van der Waals surface area contributed by atoms with Gasteiger partial charge in [-0.25, -0.2) is 15.0 Å². The van der Waals surface area contributed by atoms with E-state index in [0.717, 1.165) is 124 Å². The van der Waals surface area contributed by atoms with Crippen LogP contribution in [0.25, 0.3) is 22.2 Å². The molecule has 42 heavy (non-hydrogen) atoms. The van der Waals surface area contributed by atoms with Gasteiger partial charge in [0, 0.05) is 63.2 Å². The molecule has 0 spiro atoms. The molecule has 0 bridgehead atoms. The highest BCUT2D eigenvalue weighted by atomic mass is 16.5. The lowest BCUT2D eigenvalue weighted by molar-refractivity contribution is -0.0192. The van der Waals surface area contributed by atoms with Gasteiger partial charge in [0.2, 0.25) is 0 Å². The minimum Gasteiger partial charge on any atom is -0.495 e. The van der Waals surface area contributed by atoms with E-state index in [-0.39, 0.29) is 0 Å². The molecule has 10 heteroatoms. The maximum atomic E-state index is 10.3. The van der Waals surface area contributed by atoms with E-state index < -0.39 is 5.60 Å². The summed E-state index contributed by atoms with van der Waals surface area (Å²) in [5.41, 5.74) is 11.0. The quantitative estimate of drug-likeness (QED) is 0.377. The van der Waals surface area contributed by atoms with E-state index in [4.69, 9.17) is 25.2 Å². The van der Waals surface area contributed by atoms with Crippen LogP contribution in [0.5, 0.6) is 5.75 Å². The lowest BCUT2D eigenvalue weighted by atomic mass is 9.91. The summed E-state index contributed by atoms with van der Waals surface area (Å²) in [4.78, 5) is 19.5. The van der Waals surface area contributed by atoms with Crippen molar-refractivity contribution in [2.45, 2.75) is 76.5 Å². The molecule has 0 amide bonds. The number of nitrogen functional groups attached to an aromatic ring is 1. The van der Waals surface area contributed by atoms with E-state index in [0.29, 0.717) is 23.4 Å². The van der Waals surface area contributed by atoms with E-state index in [2.05, 4.69) is 45.2 Å². The number of fused-ring (bicyclic) bond motifs is 1. The van der Waals surface area contributed by atoms with Gasteiger partial charge < -0.3 is 35.4 Å². The first-order valence-electron chi connectivity index (χ1n) is 15.5. The summed E-state index contributed by atoms with van der Waals surface area (Å²) in [5.74, 6) is 2.04. The monoisotopic (exact) mass is 575 g/mol. The average molecular weight is 576 g/mol. The first kappa shape index (κ1) is 28.9. The number of rotatable bonds is 7. The van der Waals surface area contributed by atoms with E-state index in [1.54, 1.807) is 13.3 Å². The van der Waals surface area contributed by atoms with Crippen molar-refractivity contribution in [1.82, 2.24) is 19.9 Å². The lowest BCUT2D eigenvalue weighted by Crippen LogP contribution is -2.50. The van der Waals surface area contributed by atoms with Gasteiger partial charge in [0.15, 0.2) is 5.82 Å². The first-order chi connectivity index (χ1) is 20.3. The Morgan fingerprint density at radius 3 is 2.50 bits per heavy atom. The van der Waals surface area contributed by atoms with Crippen LogP contribution in [0, 0.1) is 0 Å². The Kier molecular flexibility index (Phi) is 8.38. The predicted molar refractivity (Wildman–Crippen MR) is 167 cm³/mol. The van der Waals surface area contributed by atoms with Gasteiger partial charge in [0.1, 0.15) is 22.6 Å². The number of likely N-dealkylation sites (tertiary alicyclic amines) is 1.